The number of nitrogens with two attached hydrogens (primary N) is 1. The van der Waals surface area contributed by atoms with Gasteiger partial charge in [0.05, 0.1) is 18.2 Å². The average molecular weight is 514 g/mol. The van der Waals surface area contributed by atoms with Crippen molar-refractivity contribution in [3.8, 4) is 0 Å². The molecule has 0 aliphatic heterocycles. The van der Waals surface area contributed by atoms with E-state index in [0.717, 1.165) is 44.9 Å². The van der Waals surface area contributed by atoms with Crippen LogP contribution in [0, 0.1) is 0 Å². The molecule has 0 saturated heterocycles. The molecule has 0 spiro atoms. The molecule has 0 unspecified atom stereocenters. The van der Waals surface area contributed by atoms with E-state index in [9.17, 15) is 4.79 Å². The first kappa shape index (κ1) is 24.2. The van der Waals surface area contributed by atoms with Gasteiger partial charge in [-0.3, -0.25) is 14.8 Å². The van der Waals surface area contributed by atoms with E-state index in [1.54, 1.807) is 12.4 Å². The number of hydrogen-bond donors (Lipinski definition) is 2. The smallest absolute Gasteiger partial charge is 0.267 e. The van der Waals surface area contributed by atoms with E-state index in [1.807, 2.05) is 72.9 Å². The molecule has 4 heterocycles. The fraction of sp³-hybridized carbons (Fsp3) is 0.129. The number of primary amides is 1. The normalized spacial score (nSPS) is 12.0. The zero-order valence-corrected chi connectivity index (χ0v) is 21.2. The average Bonchev–Trinajstić information content (AvgIpc) is 3.56. The summed E-state index contributed by atoms with van der Waals surface area (Å²) in [6.07, 6.45) is 6.57. The van der Waals surface area contributed by atoms with Crippen molar-refractivity contribution in [2.24, 2.45) is 5.73 Å². The van der Waals surface area contributed by atoms with Crippen LogP contribution in [0.4, 0.5) is 0 Å². The molecule has 3 N–H and O–H groups in total. The highest BCUT2D eigenvalue weighted by atomic mass is 16.1. The van der Waals surface area contributed by atoms with E-state index >= 15 is 0 Å². The molecule has 0 bridgehead atoms. The number of H-pyrrole nitrogens is 1. The van der Waals surface area contributed by atoms with Gasteiger partial charge in [0.15, 0.2) is 0 Å². The van der Waals surface area contributed by atoms with Crippen LogP contribution in [0.3, 0.4) is 0 Å². The first-order valence-electron chi connectivity index (χ1n) is 12.8. The van der Waals surface area contributed by atoms with Crippen LogP contribution in [0.5, 0.6) is 0 Å². The van der Waals surface area contributed by atoms with Gasteiger partial charge < -0.3 is 15.3 Å². The van der Waals surface area contributed by atoms with Crippen LogP contribution >= 0.6 is 0 Å². The van der Waals surface area contributed by atoms with E-state index in [-0.39, 0.29) is 11.6 Å². The van der Waals surface area contributed by atoms with Gasteiger partial charge in [-0.25, -0.2) is 0 Å². The first-order valence-corrected chi connectivity index (χ1v) is 12.8. The van der Waals surface area contributed by atoms with Crippen molar-refractivity contribution in [2.45, 2.75) is 25.3 Å². The topological polar surface area (TPSA) is 115 Å². The Kier molecular flexibility index (Phi) is 6.66. The molecule has 4 aromatic heterocycles. The molecule has 1 atom stereocenters. The summed E-state index contributed by atoms with van der Waals surface area (Å²) in [6, 6.07) is 28.0. The van der Waals surface area contributed by atoms with Crippen molar-refractivity contribution in [3.63, 3.8) is 0 Å². The summed E-state index contributed by atoms with van der Waals surface area (Å²) in [5.74, 6) is 0.638. The van der Waals surface area contributed by atoms with E-state index in [2.05, 4.69) is 42.8 Å². The number of carbonyl (C=O) groups excluding carboxylic acids is 1. The largest absolute Gasteiger partial charge is 0.364 e. The zero-order chi connectivity index (χ0) is 26.6. The second kappa shape index (κ2) is 10.7. The number of pyridine rings is 2. The SMILES string of the molecule is NC(=O)c1ncccc1[C@@H](Cc1c[nH]c2ccccc12)c1nnc(Cc2ccccc2)n1Cc1ccccn1. The Hall–Kier alpha value is -5.11. The van der Waals surface area contributed by atoms with Crippen LogP contribution in [-0.2, 0) is 19.4 Å². The second-order valence-electron chi connectivity index (χ2n) is 9.47. The maximum Gasteiger partial charge on any atom is 0.267 e. The van der Waals surface area contributed by atoms with Crippen molar-refractivity contribution in [2.75, 3.05) is 0 Å². The van der Waals surface area contributed by atoms with Crippen LogP contribution in [0.25, 0.3) is 10.9 Å². The molecule has 0 aliphatic carbocycles. The van der Waals surface area contributed by atoms with Crippen molar-refractivity contribution in [1.82, 2.24) is 29.7 Å². The first-order chi connectivity index (χ1) is 19.2. The number of nitrogens with zero attached hydrogens (tertiary/aromatic N) is 5. The predicted molar refractivity (Wildman–Crippen MR) is 149 cm³/mol. The molecule has 8 heteroatoms. The Morgan fingerprint density at radius 3 is 2.49 bits per heavy atom. The van der Waals surface area contributed by atoms with Crippen molar-refractivity contribution in [3.05, 3.63) is 143 Å². The van der Waals surface area contributed by atoms with Gasteiger partial charge in [0.25, 0.3) is 5.91 Å². The quantitative estimate of drug-likeness (QED) is 0.292. The third-order valence-electron chi connectivity index (χ3n) is 6.97. The summed E-state index contributed by atoms with van der Waals surface area (Å²) in [6.45, 7) is 0.488. The van der Waals surface area contributed by atoms with Gasteiger partial charge in [-0.05, 0) is 47.4 Å². The molecule has 0 radical (unpaired) electrons. The maximum atomic E-state index is 12.5. The Morgan fingerprint density at radius 2 is 1.67 bits per heavy atom. The number of aromatic nitrogens is 6. The van der Waals surface area contributed by atoms with Crippen molar-refractivity contribution < 1.29 is 4.79 Å². The number of amides is 1. The summed E-state index contributed by atoms with van der Waals surface area (Å²) >= 11 is 0. The number of aromatic amines is 1. The summed E-state index contributed by atoms with van der Waals surface area (Å²) in [5.41, 5.74) is 10.9. The number of rotatable bonds is 9. The lowest BCUT2D eigenvalue weighted by molar-refractivity contribution is 0.0994. The molecule has 39 heavy (non-hydrogen) atoms. The zero-order valence-electron chi connectivity index (χ0n) is 21.2. The van der Waals surface area contributed by atoms with Crippen LogP contribution in [0.1, 0.15) is 50.4 Å². The van der Waals surface area contributed by atoms with E-state index < -0.39 is 5.91 Å². The lowest BCUT2D eigenvalue weighted by Crippen LogP contribution is -2.21. The van der Waals surface area contributed by atoms with E-state index in [1.165, 1.54) is 0 Å². The second-order valence-corrected chi connectivity index (χ2v) is 9.47. The minimum absolute atomic E-state index is 0.235. The predicted octanol–water partition coefficient (Wildman–Crippen LogP) is 4.66. The van der Waals surface area contributed by atoms with Crippen LogP contribution in [-0.4, -0.2) is 35.6 Å². The molecule has 8 nitrogen and oxygen atoms in total. The van der Waals surface area contributed by atoms with Gasteiger partial charge in [-0.2, -0.15) is 0 Å². The van der Waals surface area contributed by atoms with Gasteiger partial charge in [0.2, 0.25) is 0 Å². The molecule has 0 fully saturated rings. The molecule has 192 valence electrons. The standard InChI is InChI=1S/C31H27N7O/c32-30(39)29-25(13-8-16-34-29)26(18-22-19-35-27-14-5-4-12-24(22)27)31-37-36-28(17-21-9-2-1-3-10-21)38(31)20-23-11-6-7-15-33-23/h1-16,19,26,35H,17-18,20H2,(H2,32,39)/t26-/m1/s1. The van der Waals surface area contributed by atoms with Gasteiger partial charge in [0.1, 0.15) is 17.3 Å². The Bertz CT molecular complexity index is 1720. The number of benzene rings is 2. The lowest BCUT2D eigenvalue weighted by Gasteiger charge is -2.20. The van der Waals surface area contributed by atoms with Crippen LogP contribution in [0.15, 0.2) is 104 Å². The van der Waals surface area contributed by atoms with Crippen LogP contribution in [0.2, 0.25) is 0 Å². The Morgan fingerprint density at radius 1 is 0.872 bits per heavy atom. The minimum Gasteiger partial charge on any atom is -0.364 e. The van der Waals surface area contributed by atoms with Crippen molar-refractivity contribution in [1.29, 1.82) is 0 Å². The highest BCUT2D eigenvalue weighted by Crippen LogP contribution is 2.33. The fourth-order valence-electron chi connectivity index (χ4n) is 5.11. The maximum absolute atomic E-state index is 12.5. The highest BCUT2D eigenvalue weighted by molar-refractivity contribution is 5.92. The molecule has 0 aliphatic rings. The number of para-hydroxylation sites is 1. The van der Waals surface area contributed by atoms with Crippen LogP contribution < -0.4 is 5.73 Å². The summed E-state index contributed by atoms with van der Waals surface area (Å²) in [5, 5.41) is 10.5. The van der Waals surface area contributed by atoms with E-state index in [0.29, 0.717) is 19.4 Å². The van der Waals surface area contributed by atoms with Gasteiger partial charge in [0, 0.05) is 35.9 Å². The Labute approximate surface area is 225 Å². The summed E-state index contributed by atoms with van der Waals surface area (Å²) in [4.78, 5) is 24.8. The van der Waals surface area contributed by atoms with Gasteiger partial charge in [-0.15, -0.1) is 10.2 Å². The molecular weight excluding hydrogens is 486 g/mol. The summed E-state index contributed by atoms with van der Waals surface area (Å²) in [7, 11) is 0. The van der Waals surface area contributed by atoms with Gasteiger partial charge >= 0.3 is 0 Å². The van der Waals surface area contributed by atoms with Crippen molar-refractivity contribution >= 4 is 16.8 Å². The molecule has 6 aromatic rings. The number of fused-ring (bicyclic) bond motifs is 1. The molecule has 6 rings (SSSR count). The number of nitrogens with one attached hydrogen (secondary N) is 1. The monoisotopic (exact) mass is 513 g/mol. The fourth-order valence-corrected chi connectivity index (χ4v) is 5.11. The Balaban J connectivity index is 1.51. The summed E-state index contributed by atoms with van der Waals surface area (Å²) < 4.78 is 2.12. The van der Waals surface area contributed by atoms with E-state index in [4.69, 9.17) is 10.8 Å². The molecule has 1 amide bonds. The number of carbonyl (C=O) groups is 1. The third-order valence-corrected chi connectivity index (χ3v) is 6.97. The third kappa shape index (κ3) is 5.04. The number of hydrogen-bond acceptors (Lipinski definition) is 5. The minimum atomic E-state index is -0.574. The highest BCUT2D eigenvalue weighted by Gasteiger charge is 2.28. The molecule has 2 aromatic carbocycles. The molecule has 0 saturated carbocycles. The van der Waals surface area contributed by atoms with Gasteiger partial charge in [-0.1, -0.05) is 60.7 Å². The lowest BCUT2D eigenvalue weighted by atomic mass is 9.89. The molecular formula is C31H27N7O.